The first-order chi connectivity index (χ1) is 12.3. The number of amides is 1. The Morgan fingerprint density at radius 1 is 1.04 bits per heavy atom. The van der Waals surface area contributed by atoms with Crippen molar-refractivity contribution in [1.29, 1.82) is 0 Å². The molecule has 3 aromatic rings. The number of aromatic nitrogens is 4. The van der Waals surface area contributed by atoms with E-state index in [1.807, 2.05) is 53.4 Å². The summed E-state index contributed by atoms with van der Waals surface area (Å²) in [5.41, 5.74) is 3.90. The van der Waals surface area contributed by atoms with Gasteiger partial charge < -0.3 is 5.32 Å². The molecule has 0 fully saturated rings. The molecule has 2 N–H and O–H groups in total. The van der Waals surface area contributed by atoms with Crippen LogP contribution in [0.15, 0.2) is 60.7 Å². The second kappa shape index (κ2) is 5.27. The third kappa shape index (κ3) is 2.13. The van der Waals surface area contributed by atoms with Gasteiger partial charge in [-0.2, -0.15) is 5.21 Å². The molecule has 5 rings (SSSR count). The third-order valence-electron chi connectivity index (χ3n) is 4.65. The van der Waals surface area contributed by atoms with Gasteiger partial charge in [0.05, 0.1) is 12.1 Å². The van der Waals surface area contributed by atoms with Gasteiger partial charge in [-0.3, -0.25) is 9.69 Å². The van der Waals surface area contributed by atoms with Crippen LogP contribution in [0.4, 0.5) is 11.4 Å². The monoisotopic (exact) mass is 330 g/mol. The van der Waals surface area contributed by atoms with E-state index in [1.54, 1.807) is 6.08 Å². The number of aromatic amines is 1. The molecule has 2 aliphatic heterocycles. The van der Waals surface area contributed by atoms with Crippen LogP contribution in [-0.2, 0) is 4.79 Å². The lowest BCUT2D eigenvalue weighted by molar-refractivity contribution is -0.115. The molecular formula is C18H14N6O. The van der Waals surface area contributed by atoms with Gasteiger partial charge >= 0.3 is 0 Å². The van der Waals surface area contributed by atoms with Crippen LogP contribution in [0, 0.1) is 0 Å². The lowest BCUT2D eigenvalue weighted by atomic mass is 9.97. The van der Waals surface area contributed by atoms with E-state index in [0.717, 1.165) is 22.5 Å². The molecule has 1 amide bonds. The Balaban J connectivity index is 1.56. The van der Waals surface area contributed by atoms with Gasteiger partial charge in [0.1, 0.15) is 0 Å². The summed E-state index contributed by atoms with van der Waals surface area (Å²) in [4.78, 5) is 14.5. The van der Waals surface area contributed by atoms with E-state index in [4.69, 9.17) is 0 Å². The van der Waals surface area contributed by atoms with Crippen molar-refractivity contribution >= 4 is 17.3 Å². The summed E-state index contributed by atoms with van der Waals surface area (Å²) in [6, 6.07) is 15.8. The van der Waals surface area contributed by atoms with Crippen LogP contribution in [0.1, 0.15) is 11.6 Å². The summed E-state index contributed by atoms with van der Waals surface area (Å²) in [5, 5.41) is 17.4. The van der Waals surface area contributed by atoms with E-state index in [-0.39, 0.29) is 18.0 Å². The number of benzene rings is 2. The van der Waals surface area contributed by atoms with E-state index < -0.39 is 0 Å². The second-order valence-electron chi connectivity index (χ2n) is 6.05. The predicted molar refractivity (Wildman–Crippen MR) is 92.8 cm³/mol. The zero-order valence-corrected chi connectivity index (χ0v) is 13.1. The standard InChI is InChI=1S/C18H14N6O/c25-16-10-9-15-17(13-3-1-2-4-14(13)19-15)24(16)12-7-5-11(6-8-12)18-20-22-23-21-18/h1-10,15,17,19H,(H,20,21,22,23). The maximum absolute atomic E-state index is 12.6. The highest BCUT2D eigenvalue weighted by atomic mass is 16.2. The number of nitrogens with one attached hydrogen (secondary N) is 2. The topological polar surface area (TPSA) is 86.8 Å². The molecule has 0 saturated heterocycles. The molecule has 0 radical (unpaired) electrons. The maximum Gasteiger partial charge on any atom is 0.251 e. The quantitative estimate of drug-likeness (QED) is 0.753. The van der Waals surface area contributed by atoms with Crippen molar-refractivity contribution in [2.45, 2.75) is 12.1 Å². The minimum atomic E-state index is -0.0512. The first-order valence-electron chi connectivity index (χ1n) is 8.02. The molecule has 1 aromatic heterocycles. The van der Waals surface area contributed by atoms with Crippen LogP contribution in [0.3, 0.4) is 0 Å². The van der Waals surface area contributed by atoms with Crippen molar-refractivity contribution in [2.24, 2.45) is 0 Å². The van der Waals surface area contributed by atoms with Gasteiger partial charge in [0.2, 0.25) is 5.82 Å². The Morgan fingerprint density at radius 3 is 2.68 bits per heavy atom. The first kappa shape index (κ1) is 13.9. The number of tetrazole rings is 1. The van der Waals surface area contributed by atoms with Gasteiger partial charge in [-0.05, 0) is 35.5 Å². The van der Waals surface area contributed by atoms with Crippen LogP contribution in [-0.4, -0.2) is 32.6 Å². The summed E-state index contributed by atoms with van der Waals surface area (Å²) < 4.78 is 0. The fourth-order valence-electron chi connectivity index (χ4n) is 3.54. The van der Waals surface area contributed by atoms with Crippen molar-refractivity contribution in [1.82, 2.24) is 20.6 Å². The fourth-order valence-corrected chi connectivity index (χ4v) is 3.54. The zero-order valence-electron chi connectivity index (χ0n) is 13.1. The highest BCUT2D eigenvalue weighted by Gasteiger charge is 2.40. The Bertz CT molecular complexity index is 963. The fraction of sp³-hybridized carbons (Fsp3) is 0.111. The van der Waals surface area contributed by atoms with Gasteiger partial charge in [0, 0.05) is 28.6 Å². The molecule has 0 aliphatic carbocycles. The Morgan fingerprint density at radius 2 is 1.88 bits per heavy atom. The lowest BCUT2D eigenvalue weighted by Gasteiger charge is -2.34. The van der Waals surface area contributed by atoms with Gasteiger partial charge in [0.15, 0.2) is 0 Å². The molecular weight excluding hydrogens is 316 g/mol. The lowest BCUT2D eigenvalue weighted by Crippen LogP contribution is -2.42. The second-order valence-corrected chi connectivity index (χ2v) is 6.05. The van der Waals surface area contributed by atoms with Crippen LogP contribution in [0.5, 0.6) is 0 Å². The molecule has 2 aromatic carbocycles. The van der Waals surface area contributed by atoms with E-state index in [1.165, 1.54) is 0 Å². The SMILES string of the molecule is O=C1C=CC2Nc3ccccc3C2N1c1ccc(-c2nn[nH]n2)cc1. The van der Waals surface area contributed by atoms with Gasteiger partial charge in [-0.1, -0.05) is 24.3 Å². The third-order valence-corrected chi connectivity index (χ3v) is 4.65. The first-order valence-corrected chi connectivity index (χ1v) is 8.02. The van der Waals surface area contributed by atoms with Crippen LogP contribution >= 0.6 is 0 Å². The molecule has 3 heterocycles. The number of rotatable bonds is 2. The largest absolute Gasteiger partial charge is 0.376 e. The Labute approximate surface area is 143 Å². The zero-order chi connectivity index (χ0) is 16.8. The van der Waals surface area contributed by atoms with Gasteiger partial charge in [-0.15, -0.1) is 10.2 Å². The van der Waals surface area contributed by atoms with Crippen LogP contribution in [0.2, 0.25) is 0 Å². The molecule has 7 nitrogen and oxygen atoms in total. The van der Waals surface area contributed by atoms with Gasteiger partial charge in [-0.25, -0.2) is 0 Å². The summed E-state index contributed by atoms with van der Waals surface area (Å²) in [6.45, 7) is 0. The molecule has 25 heavy (non-hydrogen) atoms. The minimum absolute atomic E-state index is 0.0212. The van der Waals surface area contributed by atoms with Crippen LogP contribution in [0.25, 0.3) is 11.4 Å². The highest BCUT2D eigenvalue weighted by molar-refractivity contribution is 6.04. The number of para-hydroxylation sites is 1. The molecule has 2 atom stereocenters. The smallest absolute Gasteiger partial charge is 0.251 e. The van der Waals surface area contributed by atoms with Crippen molar-refractivity contribution in [3.8, 4) is 11.4 Å². The molecule has 2 unspecified atom stereocenters. The minimum Gasteiger partial charge on any atom is -0.376 e. The Kier molecular flexibility index (Phi) is 2.93. The molecule has 7 heteroatoms. The number of anilines is 2. The van der Waals surface area contributed by atoms with Crippen molar-refractivity contribution in [3.05, 3.63) is 66.2 Å². The summed E-state index contributed by atoms with van der Waals surface area (Å²) in [5.74, 6) is 0.509. The van der Waals surface area contributed by atoms with E-state index in [9.17, 15) is 4.79 Å². The number of hydrogen-bond acceptors (Lipinski definition) is 5. The van der Waals surface area contributed by atoms with E-state index in [0.29, 0.717) is 5.82 Å². The number of H-pyrrole nitrogens is 1. The number of hydrogen-bond donors (Lipinski definition) is 2. The molecule has 0 bridgehead atoms. The summed E-state index contributed by atoms with van der Waals surface area (Å²) in [7, 11) is 0. The van der Waals surface area contributed by atoms with E-state index >= 15 is 0 Å². The molecule has 0 spiro atoms. The molecule has 2 aliphatic rings. The van der Waals surface area contributed by atoms with Crippen molar-refractivity contribution in [2.75, 3.05) is 10.2 Å². The van der Waals surface area contributed by atoms with Gasteiger partial charge in [0.25, 0.3) is 5.91 Å². The summed E-state index contributed by atoms with van der Waals surface area (Å²) >= 11 is 0. The average Bonchev–Trinajstić information content (AvgIpc) is 3.30. The number of carbonyl (C=O) groups is 1. The van der Waals surface area contributed by atoms with Crippen molar-refractivity contribution in [3.63, 3.8) is 0 Å². The Hall–Kier alpha value is -3.48. The summed E-state index contributed by atoms with van der Waals surface area (Å²) in [6.07, 6.45) is 3.57. The van der Waals surface area contributed by atoms with E-state index in [2.05, 4.69) is 32.0 Å². The maximum atomic E-state index is 12.6. The van der Waals surface area contributed by atoms with Crippen LogP contribution < -0.4 is 10.2 Å². The number of fused-ring (bicyclic) bond motifs is 3. The molecule has 122 valence electrons. The average molecular weight is 330 g/mol. The number of nitrogens with zero attached hydrogens (tertiary/aromatic N) is 4. The molecule has 0 saturated carbocycles. The normalized spacial score (nSPS) is 21.0. The predicted octanol–water partition coefficient (Wildman–Crippen LogP) is 2.30. The highest BCUT2D eigenvalue weighted by Crippen LogP contribution is 2.42. The van der Waals surface area contributed by atoms with Crippen molar-refractivity contribution < 1.29 is 4.79 Å². The number of carbonyl (C=O) groups excluding carboxylic acids is 1.